The zero-order valence-corrected chi connectivity index (χ0v) is 18.3. The third kappa shape index (κ3) is 4.61. The summed E-state index contributed by atoms with van der Waals surface area (Å²) >= 11 is 0. The van der Waals surface area contributed by atoms with Crippen LogP contribution in [0.15, 0.2) is 47.1 Å². The van der Waals surface area contributed by atoms with Crippen LogP contribution in [0.25, 0.3) is 0 Å². The lowest BCUT2D eigenvalue weighted by Crippen LogP contribution is -2.48. The van der Waals surface area contributed by atoms with Crippen molar-refractivity contribution in [1.82, 2.24) is 15.1 Å². The molecule has 7 heteroatoms. The lowest BCUT2D eigenvalue weighted by molar-refractivity contribution is -0.125. The summed E-state index contributed by atoms with van der Waals surface area (Å²) in [5, 5.41) is 3.15. The summed E-state index contributed by atoms with van der Waals surface area (Å²) in [6.07, 6.45) is 5.16. The molecule has 3 heterocycles. The third-order valence-corrected chi connectivity index (χ3v) is 6.55. The number of hydrogen-bond acceptors (Lipinski definition) is 5. The van der Waals surface area contributed by atoms with Crippen LogP contribution in [0.2, 0.25) is 0 Å². The Morgan fingerprint density at radius 1 is 1.13 bits per heavy atom. The number of nitrogens with one attached hydrogen (secondary N) is 1. The van der Waals surface area contributed by atoms with Gasteiger partial charge in [0.1, 0.15) is 11.8 Å². The predicted molar refractivity (Wildman–Crippen MR) is 117 cm³/mol. The van der Waals surface area contributed by atoms with Crippen molar-refractivity contribution in [2.45, 2.75) is 37.8 Å². The summed E-state index contributed by atoms with van der Waals surface area (Å²) in [6, 6.07) is 11.3. The molecule has 31 heavy (non-hydrogen) atoms. The van der Waals surface area contributed by atoms with Gasteiger partial charge in [0, 0.05) is 19.1 Å². The molecule has 2 fully saturated rings. The minimum Gasteiger partial charge on any atom is -0.497 e. The maximum Gasteiger partial charge on any atom is 0.290 e. The molecular weight excluding hydrogens is 394 g/mol. The van der Waals surface area contributed by atoms with Crippen molar-refractivity contribution in [3.8, 4) is 5.75 Å². The van der Waals surface area contributed by atoms with Gasteiger partial charge in [0.25, 0.3) is 5.91 Å². The second kappa shape index (κ2) is 9.56. The number of methoxy groups -OCH3 is 1. The summed E-state index contributed by atoms with van der Waals surface area (Å²) in [6.45, 7) is 2.21. The Bertz CT molecular complexity index is 881. The fourth-order valence-electron chi connectivity index (χ4n) is 4.97. The predicted octanol–water partition coefficient (Wildman–Crippen LogP) is 3.09. The first-order valence-corrected chi connectivity index (χ1v) is 11.0. The number of nitrogens with zero attached hydrogens (tertiary/aromatic N) is 2. The summed E-state index contributed by atoms with van der Waals surface area (Å²) in [4.78, 5) is 29.7. The van der Waals surface area contributed by atoms with Gasteiger partial charge in [0.15, 0.2) is 5.76 Å². The SMILES string of the molecule is COc1ccc(C2C(CNC(=O)C3CCCN3C(=O)c3ccco3)CCCN2C)cc1. The van der Waals surface area contributed by atoms with Crippen molar-refractivity contribution in [1.29, 1.82) is 0 Å². The Balaban J connectivity index is 1.41. The fourth-order valence-corrected chi connectivity index (χ4v) is 4.97. The molecule has 2 aliphatic rings. The molecule has 0 radical (unpaired) electrons. The van der Waals surface area contributed by atoms with Gasteiger partial charge in [-0.1, -0.05) is 12.1 Å². The van der Waals surface area contributed by atoms with Crippen molar-refractivity contribution in [2.24, 2.45) is 5.92 Å². The molecule has 1 aromatic heterocycles. The quantitative estimate of drug-likeness (QED) is 0.770. The molecule has 1 N–H and O–H groups in total. The molecule has 3 unspecified atom stereocenters. The van der Waals surface area contributed by atoms with E-state index in [9.17, 15) is 9.59 Å². The lowest BCUT2D eigenvalue weighted by Gasteiger charge is -2.40. The first-order valence-electron chi connectivity index (χ1n) is 11.0. The molecule has 166 valence electrons. The lowest BCUT2D eigenvalue weighted by atomic mass is 9.84. The van der Waals surface area contributed by atoms with Gasteiger partial charge in [-0.2, -0.15) is 0 Å². The Labute approximate surface area is 183 Å². The van der Waals surface area contributed by atoms with Crippen LogP contribution in [0.1, 0.15) is 47.8 Å². The average molecular weight is 426 g/mol. The number of furan rings is 1. The van der Waals surface area contributed by atoms with E-state index < -0.39 is 6.04 Å². The van der Waals surface area contributed by atoms with Gasteiger partial charge < -0.3 is 19.4 Å². The highest BCUT2D eigenvalue weighted by molar-refractivity contribution is 5.95. The smallest absolute Gasteiger partial charge is 0.290 e. The summed E-state index contributed by atoms with van der Waals surface area (Å²) in [5.41, 5.74) is 1.23. The van der Waals surface area contributed by atoms with Crippen LogP contribution in [-0.4, -0.2) is 61.4 Å². The topological polar surface area (TPSA) is 75.0 Å². The number of benzene rings is 1. The second-order valence-corrected chi connectivity index (χ2v) is 8.48. The molecular formula is C24H31N3O4. The van der Waals surface area contributed by atoms with E-state index in [4.69, 9.17) is 9.15 Å². The Hall–Kier alpha value is -2.80. The van der Waals surface area contributed by atoms with Gasteiger partial charge in [-0.25, -0.2) is 0 Å². The standard InChI is InChI=1S/C24H31N3O4/c1-26-13-3-6-18(22(26)17-9-11-19(30-2)12-10-17)16-25-23(28)20-7-4-14-27(20)24(29)21-8-5-15-31-21/h5,8-12,15,18,20,22H,3-4,6-7,13-14,16H2,1-2H3,(H,25,28). The molecule has 0 saturated carbocycles. The van der Waals surface area contributed by atoms with Crippen molar-refractivity contribution in [3.05, 3.63) is 54.0 Å². The van der Waals surface area contributed by atoms with Crippen LogP contribution in [0.3, 0.4) is 0 Å². The summed E-state index contributed by atoms with van der Waals surface area (Å²) < 4.78 is 10.5. The summed E-state index contributed by atoms with van der Waals surface area (Å²) in [5.74, 6) is 1.16. The van der Waals surface area contributed by atoms with Gasteiger partial charge in [-0.3, -0.25) is 14.5 Å². The minimum absolute atomic E-state index is 0.0703. The van der Waals surface area contributed by atoms with Crippen LogP contribution < -0.4 is 10.1 Å². The normalized spacial score (nSPS) is 24.2. The third-order valence-electron chi connectivity index (χ3n) is 6.55. The van der Waals surface area contributed by atoms with E-state index in [2.05, 4.69) is 29.4 Å². The Kier molecular flexibility index (Phi) is 6.61. The average Bonchev–Trinajstić information content (AvgIpc) is 3.50. The highest BCUT2D eigenvalue weighted by Crippen LogP contribution is 2.35. The number of piperidine rings is 1. The first-order chi connectivity index (χ1) is 15.1. The van der Waals surface area contributed by atoms with E-state index in [-0.39, 0.29) is 23.6 Å². The first kappa shape index (κ1) is 21.4. The monoisotopic (exact) mass is 425 g/mol. The molecule has 2 aromatic rings. The maximum absolute atomic E-state index is 13.0. The molecule has 2 amide bonds. The molecule has 2 saturated heterocycles. The van der Waals surface area contributed by atoms with E-state index in [0.29, 0.717) is 25.4 Å². The number of carbonyl (C=O) groups excluding carboxylic acids is 2. The van der Waals surface area contributed by atoms with Crippen LogP contribution >= 0.6 is 0 Å². The maximum atomic E-state index is 13.0. The van der Waals surface area contributed by atoms with E-state index in [1.54, 1.807) is 24.1 Å². The molecule has 4 rings (SSSR count). The van der Waals surface area contributed by atoms with Crippen molar-refractivity contribution in [3.63, 3.8) is 0 Å². The van der Waals surface area contributed by atoms with Gasteiger partial charge in [0.05, 0.1) is 13.4 Å². The van der Waals surface area contributed by atoms with Gasteiger partial charge >= 0.3 is 0 Å². The molecule has 1 aromatic carbocycles. The number of ether oxygens (including phenoxy) is 1. The molecule has 0 bridgehead atoms. The van der Waals surface area contributed by atoms with Gasteiger partial charge in [-0.05, 0) is 75.0 Å². The Morgan fingerprint density at radius 2 is 1.90 bits per heavy atom. The number of rotatable bonds is 6. The number of amides is 2. The van der Waals surface area contributed by atoms with E-state index in [0.717, 1.165) is 31.6 Å². The summed E-state index contributed by atoms with van der Waals surface area (Å²) in [7, 11) is 3.81. The van der Waals surface area contributed by atoms with E-state index in [1.165, 1.54) is 11.8 Å². The fraction of sp³-hybridized carbons (Fsp3) is 0.500. The van der Waals surface area contributed by atoms with Crippen molar-refractivity contribution in [2.75, 3.05) is 33.8 Å². The Morgan fingerprint density at radius 3 is 2.61 bits per heavy atom. The molecule has 0 aliphatic carbocycles. The zero-order valence-electron chi connectivity index (χ0n) is 18.3. The minimum atomic E-state index is -0.432. The molecule has 7 nitrogen and oxygen atoms in total. The second-order valence-electron chi connectivity index (χ2n) is 8.48. The number of hydrogen-bond donors (Lipinski definition) is 1. The van der Waals surface area contributed by atoms with E-state index in [1.807, 2.05) is 12.1 Å². The molecule has 2 aliphatic heterocycles. The highest BCUT2D eigenvalue weighted by Gasteiger charge is 2.37. The van der Waals surface area contributed by atoms with Crippen LogP contribution in [0, 0.1) is 5.92 Å². The molecule has 3 atom stereocenters. The molecule has 0 spiro atoms. The highest BCUT2D eigenvalue weighted by atomic mass is 16.5. The number of likely N-dealkylation sites (tertiary alicyclic amines) is 2. The van der Waals surface area contributed by atoms with Crippen LogP contribution in [0.4, 0.5) is 0 Å². The van der Waals surface area contributed by atoms with Gasteiger partial charge in [0.2, 0.25) is 5.91 Å². The van der Waals surface area contributed by atoms with Crippen LogP contribution in [-0.2, 0) is 4.79 Å². The van der Waals surface area contributed by atoms with E-state index >= 15 is 0 Å². The van der Waals surface area contributed by atoms with Crippen LogP contribution in [0.5, 0.6) is 5.75 Å². The number of carbonyl (C=O) groups is 2. The largest absolute Gasteiger partial charge is 0.497 e. The zero-order chi connectivity index (χ0) is 21.8. The van der Waals surface area contributed by atoms with Crippen molar-refractivity contribution >= 4 is 11.8 Å². The van der Waals surface area contributed by atoms with Crippen molar-refractivity contribution < 1.29 is 18.7 Å². The van der Waals surface area contributed by atoms with Gasteiger partial charge in [-0.15, -0.1) is 0 Å².